The van der Waals surface area contributed by atoms with Crippen LogP contribution in [-0.4, -0.2) is 57.6 Å². The highest BCUT2D eigenvalue weighted by Crippen LogP contribution is 2.47. The summed E-state index contributed by atoms with van der Waals surface area (Å²) in [6, 6.07) is 30.2. The number of aryl methyl sites for hydroxylation is 1. The minimum atomic E-state index is -0.565. The Morgan fingerprint density at radius 3 is 2.38 bits per heavy atom. The molecule has 2 aliphatic heterocycles. The Morgan fingerprint density at radius 1 is 0.952 bits per heavy atom. The number of hydrogen-bond acceptors (Lipinski definition) is 5. The normalized spacial score (nSPS) is 17.6. The van der Waals surface area contributed by atoms with Gasteiger partial charge in [-0.05, 0) is 62.5 Å². The van der Waals surface area contributed by atoms with Gasteiger partial charge in [-0.1, -0.05) is 66.2 Å². The Hall–Kier alpha value is -4.62. The van der Waals surface area contributed by atoms with Crippen LogP contribution in [0.1, 0.15) is 32.6 Å². The van der Waals surface area contributed by atoms with E-state index >= 15 is 0 Å². The number of ether oxygens (including phenoxy) is 1. The lowest BCUT2D eigenvalue weighted by Crippen LogP contribution is -2.49. The molecule has 1 N–H and O–H groups in total. The number of amides is 2. The van der Waals surface area contributed by atoms with Crippen LogP contribution in [0.2, 0.25) is 0 Å². The second-order valence-electron chi connectivity index (χ2n) is 11.4. The lowest BCUT2D eigenvalue weighted by Gasteiger charge is -2.37. The van der Waals surface area contributed by atoms with Gasteiger partial charge in [-0.3, -0.25) is 14.5 Å². The predicted octanol–water partition coefficient (Wildman–Crippen LogP) is 5.47. The van der Waals surface area contributed by atoms with Crippen molar-refractivity contribution in [3.05, 3.63) is 119 Å². The molecule has 214 valence electrons. The zero-order chi connectivity index (χ0) is 29.4. The summed E-state index contributed by atoms with van der Waals surface area (Å²) in [5.41, 5.74) is 6.95. The minimum Gasteiger partial charge on any atom is -0.496 e. The first-order valence-corrected chi connectivity index (χ1v) is 14.3. The van der Waals surface area contributed by atoms with E-state index in [1.54, 1.807) is 16.9 Å². The van der Waals surface area contributed by atoms with E-state index in [1.807, 2.05) is 67.5 Å². The van der Waals surface area contributed by atoms with Crippen molar-refractivity contribution in [2.24, 2.45) is 0 Å². The van der Waals surface area contributed by atoms with Crippen LogP contribution in [0.3, 0.4) is 0 Å². The van der Waals surface area contributed by atoms with Gasteiger partial charge in [0.25, 0.3) is 5.91 Å². The number of nitrogens with one attached hydrogen (secondary N) is 1. The first-order chi connectivity index (χ1) is 20.3. The number of benzene rings is 4. The lowest BCUT2D eigenvalue weighted by molar-refractivity contribution is -0.117. The van der Waals surface area contributed by atoms with Crippen LogP contribution in [0, 0.1) is 6.92 Å². The van der Waals surface area contributed by atoms with Crippen LogP contribution in [0.15, 0.2) is 91.0 Å². The Balaban J connectivity index is 1.38. The van der Waals surface area contributed by atoms with Gasteiger partial charge in [0.1, 0.15) is 12.3 Å². The third-order valence-corrected chi connectivity index (χ3v) is 8.35. The summed E-state index contributed by atoms with van der Waals surface area (Å²) in [6.45, 7) is 3.36. The summed E-state index contributed by atoms with van der Waals surface area (Å²) in [6.07, 6.45) is 0.743. The standard InChI is InChI=1S/C35H36N4O3/c1-24-13-16-27(17-14-24)35(22-26-9-5-6-10-29(26)36-35)28-18-15-25(21-32(28)42-4)34(41)39-23-33(40)38(20-19-37(2)3)30-11-7-8-12-31(30)39/h5-18,21,36H,19-20,22-23H2,1-4H3. The van der Waals surface area contributed by atoms with E-state index in [9.17, 15) is 9.59 Å². The number of rotatable bonds is 7. The predicted molar refractivity (Wildman–Crippen MR) is 168 cm³/mol. The first kappa shape index (κ1) is 27.5. The van der Waals surface area contributed by atoms with E-state index in [-0.39, 0.29) is 18.4 Å². The van der Waals surface area contributed by atoms with Crippen LogP contribution in [-0.2, 0) is 16.8 Å². The van der Waals surface area contributed by atoms with Gasteiger partial charge in [0.2, 0.25) is 5.91 Å². The topological polar surface area (TPSA) is 65.1 Å². The number of likely N-dealkylation sites (N-methyl/N-ethyl adjacent to an activating group) is 1. The number of methoxy groups -OCH3 is 1. The number of fused-ring (bicyclic) bond motifs is 2. The molecule has 2 amide bonds. The summed E-state index contributed by atoms with van der Waals surface area (Å²) in [5.74, 6) is 0.282. The summed E-state index contributed by atoms with van der Waals surface area (Å²) < 4.78 is 5.98. The SMILES string of the molecule is COc1cc(C(=O)N2CC(=O)N(CCN(C)C)c3ccccc32)ccc1C1(c2ccc(C)cc2)Cc2ccccc2N1. The smallest absolute Gasteiger partial charge is 0.258 e. The molecule has 0 aliphatic carbocycles. The highest BCUT2D eigenvalue weighted by Gasteiger charge is 2.42. The van der Waals surface area contributed by atoms with Crippen molar-refractivity contribution < 1.29 is 14.3 Å². The van der Waals surface area contributed by atoms with E-state index in [1.165, 1.54) is 11.1 Å². The van der Waals surface area contributed by atoms with Crippen LogP contribution in [0.25, 0.3) is 0 Å². The Kier molecular flexibility index (Phi) is 7.21. The second kappa shape index (κ2) is 11.0. The molecule has 6 rings (SSSR count). The molecule has 7 nitrogen and oxygen atoms in total. The minimum absolute atomic E-state index is 0.0164. The van der Waals surface area contributed by atoms with Gasteiger partial charge in [0.15, 0.2) is 0 Å². The van der Waals surface area contributed by atoms with Crippen molar-refractivity contribution in [3.8, 4) is 5.75 Å². The maximum Gasteiger partial charge on any atom is 0.258 e. The number of hydrogen-bond donors (Lipinski definition) is 1. The molecule has 0 fully saturated rings. The van der Waals surface area contributed by atoms with E-state index in [4.69, 9.17) is 4.74 Å². The fourth-order valence-corrected chi connectivity index (χ4v) is 6.11. The molecule has 4 aromatic carbocycles. The fraction of sp³-hybridized carbons (Fsp3) is 0.257. The average molecular weight is 561 g/mol. The first-order valence-electron chi connectivity index (χ1n) is 14.3. The van der Waals surface area contributed by atoms with Gasteiger partial charge in [-0.15, -0.1) is 0 Å². The molecule has 0 spiro atoms. The number of nitrogens with zero attached hydrogens (tertiary/aromatic N) is 3. The quantitative estimate of drug-likeness (QED) is 0.325. The molecule has 0 aromatic heterocycles. The van der Waals surface area contributed by atoms with Crippen LogP contribution < -0.4 is 19.9 Å². The summed E-state index contributed by atoms with van der Waals surface area (Å²) >= 11 is 0. The molecule has 7 heteroatoms. The van der Waals surface area contributed by atoms with Gasteiger partial charge in [-0.2, -0.15) is 0 Å². The maximum atomic E-state index is 14.0. The molecular weight excluding hydrogens is 524 g/mol. The maximum absolute atomic E-state index is 14.0. The zero-order valence-corrected chi connectivity index (χ0v) is 24.6. The molecule has 0 saturated carbocycles. The van der Waals surface area contributed by atoms with Crippen LogP contribution >= 0.6 is 0 Å². The van der Waals surface area contributed by atoms with Gasteiger partial charge in [0, 0.05) is 36.3 Å². The van der Waals surface area contributed by atoms with E-state index in [2.05, 4.69) is 54.7 Å². The van der Waals surface area contributed by atoms with E-state index in [0.717, 1.165) is 41.2 Å². The van der Waals surface area contributed by atoms with Crippen LogP contribution in [0.5, 0.6) is 5.75 Å². The third kappa shape index (κ3) is 4.80. The third-order valence-electron chi connectivity index (χ3n) is 8.35. The molecule has 1 atom stereocenters. The molecule has 0 saturated heterocycles. The van der Waals surface area contributed by atoms with Crippen LogP contribution in [0.4, 0.5) is 17.1 Å². The molecule has 1 unspecified atom stereocenters. The number of anilines is 3. The largest absolute Gasteiger partial charge is 0.496 e. The van der Waals surface area contributed by atoms with Crippen molar-refractivity contribution in [1.82, 2.24) is 4.90 Å². The Labute approximate surface area is 247 Å². The summed E-state index contributed by atoms with van der Waals surface area (Å²) in [5, 5.41) is 3.80. The Morgan fingerprint density at radius 2 is 1.67 bits per heavy atom. The zero-order valence-electron chi connectivity index (χ0n) is 24.6. The van der Waals surface area contributed by atoms with Crippen molar-refractivity contribution in [3.63, 3.8) is 0 Å². The van der Waals surface area contributed by atoms with Crippen molar-refractivity contribution >= 4 is 28.9 Å². The van der Waals surface area contributed by atoms with Gasteiger partial charge in [0.05, 0.1) is 24.0 Å². The molecule has 2 heterocycles. The van der Waals surface area contributed by atoms with E-state index in [0.29, 0.717) is 17.9 Å². The van der Waals surface area contributed by atoms with Gasteiger partial charge in [-0.25, -0.2) is 0 Å². The average Bonchev–Trinajstić information content (AvgIpc) is 3.40. The van der Waals surface area contributed by atoms with Crippen molar-refractivity contribution in [2.45, 2.75) is 18.9 Å². The molecule has 0 bridgehead atoms. The van der Waals surface area contributed by atoms with Gasteiger partial charge < -0.3 is 19.9 Å². The van der Waals surface area contributed by atoms with Gasteiger partial charge >= 0.3 is 0 Å². The van der Waals surface area contributed by atoms with E-state index < -0.39 is 5.54 Å². The molecule has 42 heavy (non-hydrogen) atoms. The highest BCUT2D eigenvalue weighted by molar-refractivity contribution is 6.16. The highest BCUT2D eigenvalue weighted by atomic mass is 16.5. The van der Waals surface area contributed by atoms with Crippen molar-refractivity contribution in [1.29, 1.82) is 0 Å². The molecule has 4 aromatic rings. The number of carbonyl (C=O) groups excluding carboxylic acids is 2. The monoisotopic (exact) mass is 560 g/mol. The Bertz CT molecular complexity index is 1620. The molecular formula is C35H36N4O3. The summed E-state index contributed by atoms with van der Waals surface area (Å²) in [7, 11) is 5.60. The lowest BCUT2D eigenvalue weighted by atomic mass is 9.79. The molecule has 2 aliphatic rings. The molecule has 0 radical (unpaired) electrons. The fourth-order valence-electron chi connectivity index (χ4n) is 6.11. The number of para-hydroxylation sites is 3. The second-order valence-corrected chi connectivity index (χ2v) is 11.4. The number of carbonyl (C=O) groups is 2. The van der Waals surface area contributed by atoms with Crippen molar-refractivity contribution in [2.75, 3.05) is 56.0 Å². The summed E-state index contributed by atoms with van der Waals surface area (Å²) in [4.78, 5) is 32.7.